The van der Waals surface area contributed by atoms with Gasteiger partial charge in [-0.05, 0) is 115 Å². The molecule has 57 heavy (non-hydrogen) atoms. The first-order chi connectivity index (χ1) is 27.6. The first-order valence-electron chi connectivity index (χ1n) is 21.7. The van der Waals surface area contributed by atoms with Crippen LogP contribution in [-0.4, -0.2) is 9.52 Å². The minimum absolute atomic E-state index is 0.510. The third kappa shape index (κ3) is 9.88. The molecule has 0 spiro atoms. The molecule has 0 aromatic heterocycles. The van der Waals surface area contributed by atoms with E-state index in [1.807, 2.05) is 0 Å². The van der Waals surface area contributed by atoms with Crippen molar-refractivity contribution in [2.75, 3.05) is 0 Å². The Hall–Kier alpha value is -2.22. The number of hydrogen-bond acceptors (Lipinski definition) is 0. The van der Waals surface area contributed by atoms with E-state index in [0.717, 1.165) is 39.1 Å². The van der Waals surface area contributed by atoms with Crippen LogP contribution in [0.1, 0.15) is 119 Å². The second-order valence-corrected chi connectivity index (χ2v) is 23.3. The Bertz CT molecular complexity index is 2140. The zero-order chi connectivity index (χ0) is 40.1. The quantitative estimate of drug-likeness (QED) is 0.120. The summed E-state index contributed by atoms with van der Waals surface area (Å²) in [7, 11) is 11.0. The van der Waals surface area contributed by atoms with Crippen LogP contribution in [0.2, 0.25) is 13.1 Å². The molecule has 0 N–H and O–H groups in total. The van der Waals surface area contributed by atoms with Crippen LogP contribution in [0.25, 0.3) is 43.8 Å². The number of rotatable bonds is 5. The van der Waals surface area contributed by atoms with Gasteiger partial charge in [0.15, 0.2) is 0 Å². The summed E-state index contributed by atoms with van der Waals surface area (Å²) in [6.45, 7) is 13.4. The van der Waals surface area contributed by atoms with E-state index in [4.69, 9.17) is 17.0 Å². The van der Waals surface area contributed by atoms with E-state index in [-0.39, 0.29) is 0 Å². The fraction of sp³-hybridized carbons (Fsp3) is 0.434. The molecule has 0 heterocycles. The SMILES string of the molecule is CC1CCC(c2cc3c(-c4ccc(C(C)C)cc4)cccc3[cH-]2)CC1.C[Si]C.Cc1cc2c(-c3ccc(C45CC6CC(CC(C6)C4)C5)cc3)cccc2[cH-]1.[Cl][Zr+2][Cl]. The Kier molecular flexibility index (Phi) is 14.6. The van der Waals surface area contributed by atoms with Crippen molar-refractivity contribution in [3.63, 3.8) is 0 Å². The Morgan fingerprint density at radius 3 is 1.65 bits per heavy atom. The molecule has 0 unspecified atom stereocenters. The van der Waals surface area contributed by atoms with Crippen LogP contribution in [-0.2, 0) is 26.3 Å². The van der Waals surface area contributed by atoms with E-state index >= 15 is 0 Å². The van der Waals surface area contributed by atoms with E-state index < -0.39 is 20.8 Å². The molecule has 0 amide bonds. The monoisotopic (exact) mass is 886 g/mol. The molecule has 0 saturated heterocycles. The van der Waals surface area contributed by atoms with Gasteiger partial charge in [0.1, 0.15) is 0 Å². The summed E-state index contributed by atoms with van der Waals surface area (Å²) in [4.78, 5) is 0. The standard InChI is InChI=1S/C26H27.C25H29.C2H6Si.2ClH.Zr/c1-17-9-22-3-2-4-24(25(22)10-17)21-5-7-23(8-6-21)26-14-18-11-19(15-26)13-20(12-18)16-26;1-17(2)19-11-13-21(14-12-19)24-6-4-5-22-15-23(16-25(22)24)20-9-7-18(3)8-10-20;1-3-2;;;/h2-10,18-20H,11-16H2,1H3;4-6,11-18,20H,7-10H2,1-3H3;1-2H3;2*1H;/q2*-1;;;;+4/p-2. The van der Waals surface area contributed by atoms with Crippen molar-refractivity contribution in [2.45, 2.75) is 122 Å². The number of hydrogen-bond donors (Lipinski definition) is 0. The molecular formula is C53H62Cl2SiZr. The molecule has 0 atom stereocenters. The van der Waals surface area contributed by atoms with Crippen molar-refractivity contribution in [1.29, 1.82) is 0 Å². The van der Waals surface area contributed by atoms with Crippen molar-refractivity contribution in [1.82, 2.24) is 0 Å². The number of fused-ring (bicyclic) bond motifs is 2. The molecule has 2 radical (unpaired) electrons. The molecule has 5 fully saturated rings. The van der Waals surface area contributed by atoms with Gasteiger partial charge >= 0.3 is 37.9 Å². The van der Waals surface area contributed by atoms with E-state index in [9.17, 15) is 0 Å². The van der Waals surface area contributed by atoms with Crippen LogP contribution < -0.4 is 0 Å². The molecule has 0 nitrogen and oxygen atoms in total. The molecule has 6 aromatic carbocycles. The van der Waals surface area contributed by atoms with Gasteiger partial charge in [-0.1, -0.05) is 125 Å². The molecule has 4 bridgehead atoms. The third-order valence-electron chi connectivity index (χ3n) is 13.9. The summed E-state index contributed by atoms with van der Waals surface area (Å²) < 4.78 is 0. The van der Waals surface area contributed by atoms with Crippen LogP contribution >= 0.6 is 17.0 Å². The average molecular weight is 889 g/mol. The average Bonchev–Trinajstić information content (AvgIpc) is 3.82. The second kappa shape index (κ2) is 19.4. The number of benzene rings is 4. The maximum atomic E-state index is 4.93. The molecule has 5 saturated carbocycles. The van der Waals surface area contributed by atoms with Crippen molar-refractivity contribution in [2.24, 2.45) is 23.7 Å². The predicted octanol–water partition coefficient (Wildman–Crippen LogP) is 16.8. The van der Waals surface area contributed by atoms with Gasteiger partial charge in [-0.2, -0.15) is 12.1 Å². The minimum atomic E-state index is -0.826. The van der Waals surface area contributed by atoms with Gasteiger partial charge in [0, 0.05) is 9.52 Å². The Labute approximate surface area is 365 Å². The Morgan fingerprint density at radius 2 is 1.14 bits per heavy atom. The molecule has 296 valence electrons. The van der Waals surface area contributed by atoms with Crippen molar-refractivity contribution in [3.8, 4) is 22.3 Å². The summed E-state index contributed by atoms with van der Waals surface area (Å²) in [6.07, 6.45) is 14.4. The van der Waals surface area contributed by atoms with Gasteiger partial charge < -0.3 is 0 Å². The van der Waals surface area contributed by atoms with E-state index in [0.29, 0.717) is 11.3 Å². The summed E-state index contributed by atoms with van der Waals surface area (Å²) in [5.74, 6) is 5.31. The summed E-state index contributed by atoms with van der Waals surface area (Å²) >= 11 is -0.826. The van der Waals surface area contributed by atoms with Gasteiger partial charge in [-0.25, -0.2) is 0 Å². The summed E-state index contributed by atoms with van der Waals surface area (Å²) in [5, 5.41) is 5.59. The van der Waals surface area contributed by atoms with Crippen LogP contribution in [0.5, 0.6) is 0 Å². The third-order valence-corrected chi connectivity index (χ3v) is 13.9. The first-order valence-corrected chi connectivity index (χ1v) is 30.1. The van der Waals surface area contributed by atoms with Crippen molar-refractivity contribution >= 4 is 48.1 Å². The van der Waals surface area contributed by atoms with Gasteiger partial charge in [0.2, 0.25) is 0 Å². The van der Waals surface area contributed by atoms with E-state index in [2.05, 4.69) is 150 Å². The summed E-state index contributed by atoms with van der Waals surface area (Å²) in [5.41, 5.74) is 11.9. The number of aryl methyl sites for hydroxylation is 1. The normalized spacial score (nSPS) is 24.5. The second-order valence-electron chi connectivity index (χ2n) is 18.5. The van der Waals surface area contributed by atoms with Crippen molar-refractivity contribution in [3.05, 3.63) is 131 Å². The maximum absolute atomic E-state index is 4.93. The molecule has 5 aliphatic rings. The van der Waals surface area contributed by atoms with Gasteiger partial charge in [0.25, 0.3) is 0 Å². The van der Waals surface area contributed by atoms with Crippen molar-refractivity contribution < 1.29 is 20.8 Å². The zero-order valence-corrected chi connectivity index (χ0v) is 40.2. The molecule has 6 aromatic rings. The van der Waals surface area contributed by atoms with E-state index in [1.165, 1.54) is 119 Å². The van der Waals surface area contributed by atoms with Gasteiger partial charge in [-0.15, -0.1) is 69.1 Å². The topological polar surface area (TPSA) is 0 Å². The molecule has 0 aliphatic heterocycles. The van der Waals surface area contributed by atoms with Crippen LogP contribution in [0.4, 0.5) is 0 Å². The van der Waals surface area contributed by atoms with Gasteiger partial charge in [-0.3, -0.25) is 0 Å². The Balaban J connectivity index is 0.000000153. The van der Waals surface area contributed by atoms with Gasteiger partial charge in [0.05, 0.1) is 0 Å². The Morgan fingerprint density at radius 1 is 0.667 bits per heavy atom. The van der Waals surface area contributed by atoms with Crippen LogP contribution in [0.15, 0.2) is 109 Å². The van der Waals surface area contributed by atoms with E-state index in [1.54, 1.807) is 11.1 Å². The summed E-state index contributed by atoms with van der Waals surface area (Å²) in [6, 6.07) is 41.9. The van der Waals surface area contributed by atoms with Crippen LogP contribution in [0.3, 0.4) is 0 Å². The first kappa shape index (κ1) is 42.9. The molecule has 5 aliphatic carbocycles. The van der Waals surface area contributed by atoms with Crippen LogP contribution in [0, 0.1) is 30.6 Å². The zero-order valence-electron chi connectivity index (χ0n) is 35.2. The number of halogens is 2. The molecule has 4 heteroatoms. The predicted molar refractivity (Wildman–Crippen MR) is 248 cm³/mol. The fourth-order valence-electron chi connectivity index (χ4n) is 11.5. The fourth-order valence-corrected chi connectivity index (χ4v) is 11.5. The molecular weight excluding hydrogens is 827 g/mol. The molecule has 11 rings (SSSR count).